The van der Waals surface area contributed by atoms with Gasteiger partial charge in [-0.15, -0.1) is 0 Å². The Morgan fingerprint density at radius 3 is 2.73 bits per heavy atom. The molecule has 0 aromatic heterocycles. The molecule has 2 fully saturated rings. The van der Waals surface area contributed by atoms with Crippen molar-refractivity contribution in [3.63, 3.8) is 0 Å². The fourth-order valence-electron chi connectivity index (χ4n) is 1.89. The van der Waals surface area contributed by atoms with Gasteiger partial charge in [-0.05, 0) is 31.2 Å². The first-order chi connectivity index (χ1) is 5.36. The van der Waals surface area contributed by atoms with Crippen LogP contribution in [0.25, 0.3) is 0 Å². The number of aliphatic hydroxyl groups excluding tert-OH is 1. The van der Waals surface area contributed by atoms with Gasteiger partial charge >= 0.3 is 0 Å². The summed E-state index contributed by atoms with van der Waals surface area (Å²) in [6, 6.07) is 0. The van der Waals surface area contributed by atoms with E-state index in [4.69, 9.17) is 0 Å². The third-order valence-corrected chi connectivity index (χ3v) is 2.91. The zero-order valence-corrected chi connectivity index (χ0v) is 6.92. The van der Waals surface area contributed by atoms with E-state index in [2.05, 4.69) is 5.32 Å². The van der Waals surface area contributed by atoms with Crippen molar-refractivity contribution in [2.45, 2.75) is 31.8 Å². The highest BCUT2D eigenvalue weighted by Crippen LogP contribution is 2.35. The predicted octanol–water partition coefficient (Wildman–Crippen LogP) is 0.757. The van der Waals surface area contributed by atoms with Crippen molar-refractivity contribution in [3.8, 4) is 0 Å². The number of hydrogen-bond acceptors (Lipinski definition) is 2. The van der Waals surface area contributed by atoms with Gasteiger partial charge in [-0.25, -0.2) is 0 Å². The zero-order chi connectivity index (χ0) is 7.68. The first kappa shape index (κ1) is 7.56. The Labute approximate surface area is 68.0 Å². The summed E-state index contributed by atoms with van der Waals surface area (Å²) in [6.07, 6.45) is 4.94. The lowest BCUT2D eigenvalue weighted by atomic mass is 9.97. The summed E-state index contributed by atoms with van der Waals surface area (Å²) in [5.41, 5.74) is 0. The van der Waals surface area contributed by atoms with Gasteiger partial charge < -0.3 is 10.4 Å². The Balaban J connectivity index is 1.73. The second-order valence-corrected chi connectivity index (χ2v) is 4.00. The lowest BCUT2D eigenvalue weighted by Crippen LogP contribution is -2.23. The highest BCUT2D eigenvalue weighted by molar-refractivity contribution is 4.83. The van der Waals surface area contributed by atoms with Gasteiger partial charge in [0.15, 0.2) is 0 Å². The van der Waals surface area contributed by atoms with Crippen molar-refractivity contribution in [2.75, 3.05) is 13.1 Å². The van der Waals surface area contributed by atoms with Crippen LogP contribution in [0.2, 0.25) is 0 Å². The smallest absolute Gasteiger partial charge is 0.0583 e. The van der Waals surface area contributed by atoms with Crippen molar-refractivity contribution in [1.29, 1.82) is 0 Å². The Kier molecular flexibility index (Phi) is 2.14. The monoisotopic (exact) mass is 155 g/mol. The van der Waals surface area contributed by atoms with Crippen LogP contribution in [0.4, 0.5) is 0 Å². The van der Waals surface area contributed by atoms with Crippen LogP contribution >= 0.6 is 0 Å². The molecule has 0 radical (unpaired) electrons. The highest BCUT2D eigenvalue weighted by Gasteiger charge is 2.29. The van der Waals surface area contributed by atoms with E-state index in [9.17, 15) is 5.11 Å². The van der Waals surface area contributed by atoms with Crippen molar-refractivity contribution in [2.24, 2.45) is 11.8 Å². The second kappa shape index (κ2) is 3.11. The molecule has 1 aliphatic carbocycles. The minimum absolute atomic E-state index is 0.0162. The van der Waals surface area contributed by atoms with E-state index < -0.39 is 0 Å². The van der Waals surface area contributed by atoms with E-state index in [0.29, 0.717) is 5.92 Å². The molecule has 2 unspecified atom stereocenters. The second-order valence-electron chi connectivity index (χ2n) is 4.00. The number of rotatable bonds is 3. The van der Waals surface area contributed by atoms with Crippen molar-refractivity contribution >= 4 is 0 Å². The van der Waals surface area contributed by atoms with Gasteiger partial charge in [0, 0.05) is 6.54 Å². The fourth-order valence-corrected chi connectivity index (χ4v) is 1.89. The van der Waals surface area contributed by atoms with Gasteiger partial charge in [0.1, 0.15) is 0 Å². The standard InChI is InChI=1S/C9H17NO/c11-9(5-7-1-2-7)8-3-4-10-6-8/h7-11H,1-6H2. The zero-order valence-electron chi connectivity index (χ0n) is 6.92. The van der Waals surface area contributed by atoms with Crippen LogP contribution in [0.15, 0.2) is 0 Å². The van der Waals surface area contributed by atoms with Crippen molar-refractivity contribution in [1.82, 2.24) is 5.32 Å². The van der Waals surface area contributed by atoms with E-state index >= 15 is 0 Å². The molecule has 2 rings (SSSR count). The largest absolute Gasteiger partial charge is 0.393 e. The maximum atomic E-state index is 9.72. The Morgan fingerprint density at radius 2 is 2.18 bits per heavy atom. The molecule has 0 bridgehead atoms. The summed E-state index contributed by atoms with van der Waals surface area (Å²) in [4.78, 5) is 0. The Morgan fingerprint density at radius 1 is 1.36 bits per heavy atom. The van der Waals surface area contributed by atoms with Crippen LogP contribution in [-0.4, -0.2) is 24.3 Å². The van der Waals surface area contributed by atoms with Crippen LogP contribution in [0.1, 0.15) is 25.7 Å². The minimum atomic E-state index is -0.0162. The molecule has 1 aliphatic heterocycles. The molecule has 1 heterocycles. The maximum absolute atomic E-state index is 9.72. The van der Waals surface area contributed by atoms with Gasteiger partial charge in [0.25, 0.3) is 0 Å². The number of hydrogen-bond donors (Lipinski definition) is 2. The van der Waals surface area contributed by atoms with Crippen LogP contribution in [0, 0.1) is 11.8 Å². The van der Waals surface area contributed by atoms with E-state index in [1.807, 2.05) is 0 Å². The van der Waals surface area contributed by atoms with E-state index in [1.54, 1.807) is 0 Å². The summed E-state index contributed by atoms with van der Waals surface area (Å²) in [5.74, 6) is 1.42. The van der Waals surface area contributed by atoms with Crippen LogP contribution in [-0.2, 0) is 0 Å². The predicted molar refractivity (Wildman–Crippen MR) is 44.3 cm³/mol. The fraction of sp³-hybridized carbons (Fsp3) is 1.00. The van der Waals surface area contributed by atoms with Gasteiger partial charge in [-0.1, -0.05) is 12.8 Å². The molecule has 0 aromatic rings. The molecule has 11 heavy (non-hydrogen) atoms. The van der Waals surface area contributed by atoms with Crippen molar-refractivity contribution in [3.05, 3.63) is 0 Å². The number of nitrogens with one attached hydrogen (secondary N) is 1. The molecule has 1 saturated carbocycles. The van der Waals surface area contributed by atoms with Gasteiger partial charge in [-0.3, -0.25) is 0 Å². The average molecular weight is 155 g/mol. The molecule has 2 atom stereocenters. The molecule has 2 aliphatic rings. The normalized spacial score (nSPS) is 34.1. The maximum Gasteiger partial charge on any atom is 0.0583 e. The first-order valence-corrected chi connectivity index (χ1v) is 4.75. The minimum Gasteiger partial charge on any atom is -0.393 e. The molecule has 2 heteroatoms. The molecular formula is C9H17NO. The van der Waals surface area contributed by atoms with Gasteiger partial charge in [0.2, 0.25) is 0 Å². The summed E-state index contributed by atoms with van der Waals surface area (Å²) in [5, 5.41) is 13.0. The number of aliphatic hydroxyl groups is 1. The van der Waals surface area contributed by atoms with E-state index in [1.165, 1.54) is 19.3 Å². The van der Waals surface area contributed by atoms with Crippen LogP contribution in [0.5, 0.6) is 0 Å². The molecule has 1 saturated heterocycles. The van der Waals surface area contributed by atoms with Gasteiger partial charge in [0.05, 0.1) is 6.10 Å². The molecule has 2 nitrogen and oxygen atoms in total. The van der Waals surface area contributed by atoms with Crippen molar-refractivity contribution < 1.29 is 5.11 Å². The molecule has 2 N–H and O–H groups in total. The van der Waals surface area contributed by atoms with Crippen LogP contribution < -0.4 is 5.32 Å². The lowest BCUT2D eigenvalue weighted by molar-refractivity contribution is 0.102. The molecular weight excluding hydrogens is 138 g/mol. The summed E-state index contributed by atoms with van der Waals surface area (Å²) < 4.78 is 0. The van der Waals surface area contributed by atoms with Crippen LogP contribution in [0.3, 0.4) is 0 Å². The molecule has 0 spiro atoms. The third kappa shape index (κ3) is 1.94. The van der Waals surface area contributed by atoms with E-state index in [0.717, 1.165) is 25.4 Å². The molecule has 64 valence electrons. The average Bonchev–Trinajstić information content (AvgIpc) is 2.67. The summed E-state index contributed by atoms with van der Waals surface area (Å²) in [7, 11) is 0. The lowest BCUT2D eigenvalue weighted by Gasteiger charge is -2.15. The van der Waals surface area contributed by atoms with Gasteiger partial charge in [-0.2, -0.15) is 0 Å². The topological polar surface area (TPSA) is 32.3 Å². The SMILES string of the molecule is OC(CC1CC1)C1CCNC1. The Bertz CT molecular complexity index is 128. The third-order valence-electron chi connectivity index (χ3n) is 2.91. The summed E-state index contributed by atoms with van der Waals surface area (Å²) in [6.45, 7) is 2.14. The molecule has 0 amide bonds. The highest BCUT2D eigenvalue weighted by atomic mass is 16.3. The quantitative estimate of drug-likeness (QED) is 0.630. The first-order valence-electron chi connectivity index (χ1n) is 4.75. The summed E-state index contributed by atoms with van der Waals surface area (Å²) >= 11 is 0. The van der Waals surface area contributed by atoms with E-state index in [-0.39, 0.29) is 6.10 Å². The molecule has 0 aromatic carbocycles. The Hall–Kier alpha value is -0.0800.